The predicted octanol–water partition coefficient (Wildman–Crippen LogP) is 4.30. The Kier molecular flexibility index (Phi) is 4.83. The molecule has 0 aliphatic heterocycles. The van der Waals surface area contributed by atoms with Crippen molar-refractivity contribution in [2.75, 3.05) is 10.6 Å². The number of anilines is 3. The second kappa shape index (κ2) is 7.19. The number of nitrogens with zero attached hydrogens (tertiary/aromatic N) is 3. The molecule has 0 spiro atoms. The van der Waals surface area contributed by atoms with Crippen LogP contribution in [0.5, 0.6) is 0 Å². The number of nitrogens with one attached hydrogen (secondary N) is 2. The first-order chi connectivity index (χ1) is 11.2. The van der Waals surface area contributed by atoms with E-state index in [2.05, 4.69) is 41.5 Å². The summed E-state index contributed by atoms with van der Waals surface area (Å²) in [7, 11) is 0. The van der Waals surface area contributed by atoms with Crippen molar-refractivity contribution in [2.24, 2.45) is 0 Å². The van der Waals surface area contributed by atoms with E-state index in [-0.39, 0.29) is 0 Å². The number of rotatable bonds is 5. The van der Waals surface area contributed by atoms with Crippen LogP contribution in [-0.4, -0.2) is 15.0 Å². The Morgan fingerprint density at radius 2 is 1.96 bits per heavy atom. The molecule has 0 saturated heterocycles. The smallest absolute Gasteiger partial charge is 0.229 e. The van der Waals surface area contributed by atoms with Crippen molar-refractivity contribution in [3.05, 3.63) is 70.6 Å². The zero-order chi connectivity index (χ0) is 16.1. The van der Waals surface area contributed by atoms with Gasteiger partial charge in [-0.3, -0.25) is 4.98 Å². The standard InChI is InChI=1S/C17H16BrN5/c1-12-10-13(5-6-15(12)18)22-17-20-9-7-16(23-17)21-11-14-4-2-3-8-19-14/h2-10H,11H2,1H3,(H2,20,21,22,23). The van der Waals surface area contributed by atoms with Crippen LogP contribution >= 0.6 is 15.9 Å². The second-order valence-electron chi connectivity index (χ2n) is 5.03. The summed E-state index contributed by atoms with van der Waals surface area (Å²) in [5.74, 6) is 1.31. The summed E-state index contributed by atoms with van der Waals surface area (Å²) in [6, 6.07) is 13.7. The lowest BCUT2D eigenvalue weighted by molar-refractivity contribution is 1.02. The van der Waals surface area contributed by atoms with E-state index in [9.17, 15) is 0 Å². The van der Waals surface area contributed by atoms with Crippen molar-refractivity contribution in [2.45, 2.75) is 13.5 Å². The predicted molar refractivity (Wildman–Crippen MR) is 95.8 cm³/mol. The molecule has 0 aliphatic rings. The van der Waals surface area contributed by atoms with E-state index in [0.29, 0.717) is 12.5 Å². The van der Waals surface area contributed by atoms with Crippen molar-refractivity contribution in [3.63, 3.8) is 0 Å². The highest BCUT2D eigenvalue weighted by molar-refractivity contribution is 9.10. The molecule has 116 valence electrons. The van der Waals surface area contributed by atoms with Gasteiger partial charge in [0.15, 0.2) is 0 Å². The molecular formula is C17H16BrN5. The third-order valence-corrected chi connectivity index (χ3v) is 4.14. The topological polar surface area (TPSA) is 62.7 Å². The minimum atomic E-state index is 0.553. The number of hydrogen-bond donors (Lipinski definition) is 2. The molecule has 2 N–H and O–H groups in total. The Morgan fingerprint density at radius 3 is 2.74 bits per heavy atom. The van der Waals surface area contributed by atoms with E-state index in [4.69, 9.17) is 0 Å². The van der Waals surface area contributed by atoms with Gasteiger partial charge in [-0.15, -0.1) is 0 Å². The van der Waals surface area contributed by atoms with Crippen molar-refractivity contribution in [3.8, 4) is 0 Å². The van der Waals surface area contributed by atoms with Gasteiger partial charge in [-0.25, -0.2) is 4.98 Å². The molecule has 0 saturated carbocycles. The molecule has 2 heterocycles. The number of benzene rings is 1. The van der Waals surface area contributed by atoms with Gasteiger partial charge in [0.25, 0.3) is 0 Å². The normalized spacial score (nSPS) is 10.3. The Bertz CT molecular complexity index is 792. The van der Waals surface area contributed by atoms with Gasteiger partial charge in [-0.2, -0.15) is 4.98 Å². The SMILES string of the molecule is Cc1cc(Nc2nccc(NCc3ccccn3)n2)ccc1Br. The van der Waals surface area contributed by atoms with Crippen LogP contribution in [0.1, 0.15) is 11.3 Å². The van der Waals surface area contributed by atoms with E-state index in [1.807, 2.05) is 49.4 Å². The fourth-order valence-corrected chi connectivity index (χ4v) is 2.30. The fourth-order valence-electron chi connectivity index (χ4n) is 2.05. The molecule has 1 aromatic carbocycles. The highest BCUT2D eigenvalue weighted by Gasteiger charge is 2.02. The number of aromatic nitrogens is 3. The van der Waals surface area contributed by atoms with Crippen LogP contribution in [-0.2, 0) is 6.54 Å². The quantitative estimate of drug-likeness (QED) is 0.701. The van der Waals surface area contributed by atoms with E-state index < -0.39 is 0 Å². The average Bonchev–Trinajstić information content (AvgIpc) is 2.58. The first kappa shape index (κ1) is 15.4. The van der Waals surface area contributed by atoms with Gasteiger partial charge in [0.2, 0.25) is 5.95 Å². The van der Waals surface area contributed by atoms with Crippen LogP contribution in [0.2, 0.25) is 0 Å². The molecule has 2 aromatic heterocycles. The van der Waals surface area contributed by atoms with E-state index in [1.165, 1.54) is 0 Å². The van der Waals surface area contributed by atoms with Crippen molar-refractivity contribution < 1.29 is 0 Å². The maximum atomic E-state index is 4.46. The molecular weight excluding hydrogens is 354 g/mol. The van der Waals surface area contributed by atoms with Crippen LogP contribution in [0.15, 0.2) is 59.3 Å². The summed E-state index contributed by atoms with van der Waals surface area (Å²) in [6.45, 7) is 2.66. The first-order valence-electron chi connectivity index (χ1n) is 7.21. The van der Waals surface area contributed by atoms with Crippen LogP contribution in [0.4, 0.5) is 17.5 Å². The molecule has 23 heavy (non-hydrogen) atoms. The van der Waals surface area contributed by atoms with Gasteiger partial charge in [0.1, 0.15) is 5.82 Å². The minimum absolute atomic E-state index is 0.553. The van der Waals surface area contributed by atoms with Crippen molar-refractivity contribution in [1.29, 1.82) is 0 Å². The van der Waals surface area contributed by atoms with E-state index in [1.54, 1.807) is 12.4 Å². The Morgan fingerprint density at radius 1 is 1.04 bits per heavy atom. The summed E-state index contributed by atoms with van der Waals surface area (Å²) < 4.78 is 1.08. The van der Waals surface area contributed by atoms with Gasteiger partial charge in [0.05, 0.1) is 12.2 Å². The number of halogens is 1. The first-order valence-corrected chi connectivity index (χ1v) is 8.00. The molecule has 0 bridgehead atoms. The molecule has 5 nitrogen and oxygen atoms in total. The van der Waals surface area contributed by atoms with Gasteiger partial charge >= 0.3 is 0 Å². The lowest BCUT2D eigenvalue weighted by Gasteiger charge is -2.09. The maximum Gasteiger partial charge on any atom is 0.229 e. The Balaban J connectivity index is 1.68. The molecule has 0 amide bonds. The summed E-state index contributed by atoms with van der Waals surface area (Å²) in [5, 5.41) is 6.46. The van der Waals surface area contributed by atoms with Crippen LogP contribution in [0.25, 0.3) is 0 Å². The number of pyridine rings is 1. The molecule has 0 unspecified atom stereocenters. The number of aryl methyl sites for hydroxylation is 1. The van der Waals surface area contributed by atoms with Crippen LogP contribution in [0, 0.1) is 6.92 Å². The molecule has 6 heteroatoms. The van der Waals surface area contributed by atoms with Crippen LogP contribution < -0.4 is 10.6 Å². The molecule has 0 aliphatic carbocycles. The highest BCUT2D eigenvalue weighted by atomic mass is 79.9. The highest BCUT2D eigenvalue weighted by Crippen LogP contribution is 2.22. The number of hydrogen-bond acceptors (Lipinski definition) is 5. The zero-order valence-corrected chi connectivity index (χ0v) is 14.2. The minimum Gasteiger partial charge on any atom is -0.364 e. The molecule has 0 radical (unpaired) electrons. The van der Waals surface area contributed by atoms with Gasteiger partial charge < -0.3 is 10.6 Å². The molecule has 3 aromatic rings. The van der Waals surface area contributed by atoms with Gasteiger partial charge in [-0.05, 0) is 48.9 Å². The Hall–Kier alpha value is -2.47. The third kappa shape index (κ3) is 4.26. The summed E-state index contributed by atoms with van der Waals surface area (Å²) in [5.41, 5.74) is 3.07. The largest absolute Gasteiger partial charge is 0.364 e. The maximum absolute atomic E-state index is 4.46. The molecule has 0 atom stereocenters. The Labute approximate surface area is 143 Å². The summed E-state index contributed by atoms with van der Waals surface area (Å²) in [4.78, 5) is 13.0. The van der Waals surface area contributed by atoms with Gasteiger partial charge in [0, 0.05) is 22.6 Å². The summed E-state index contributed by atoms with van der Waals surface area (Å²) in [6.07, 6.45) is 3.50. The average molecular weight is 370 g/mol. The monoisotopic (exact) mass is 369 g/mol. The van der Waals surface area contributed by atoms with Crippen molar-refractivity contribution in [1.82, 2.24) is 15.0 Å². The van der Waals surface area contributed by atoms with Gasteiger partial charge in [-0.1, -0.05) is 22.0 Å². The molecule has 0 fully saturated rings. The second-order valence-corrected chi connectivity index (χ2v) is 5.88. The lowest BCUT2D eigenvalue weighted by atomic mass is 10.2. The lowest BCUT2D eigenvalue weighted by Crippen LogP contribution is -2.05. The van der Waals surface area contributed by atoms with E-state index in [0.717, 1.165) is 27.2 Å². The van der Waals surface area contributed by atoms with E-state index >= 15 is 0 Å². The third-order valence-electron chi connectivity index (χ3n) is 3.25. The zero-order valence-electron chi connectivity index (χ0n) is 12.6. The molecule has 3 rings (SSSR count). The fraction of sp³-hybridized carbons (Fsp3) is 0.118. The van der Waals surface area contributed by atoms with Crippen molar-refractivity contribution >= 4 is 33.4 Å². The summed E-state index contributed by atoms with van der Waals surface area (Å²) >= 11 is 3.49. The van der Waals surface area contributed by atoms with Crippen LogP contribution in [0.3, 0.4) is 0 Å².